The SMILES string of the molecule is COc1ccc(C(=O)Nc2ccc(N3CCN(C)CC3)cc2)cn1. The Balaban J connectivity index is 1.62. The Morgan fingerprint density at radius 1 is 1.08 bits per heavy atom. The summed E-state index contributed by atoms with van der Waals surface area (Å²) in [4.78, 5) is 21.0. The van der Waals surface area contributed by atoms with Gasteiger partial charge in [-0.05, 0) is 37.4 Å². The van der Waals surface area contributed by atoms with E-state index in [1.165, 1.54) is 11.9 Å². The van der Waals surface area contributed by atoms with E-state index in [1.807, 2.05) is 24.3 Å². The van der Waals surface area contributed by atoms with Gasteiger partial charge in [0.1, 0.15) is 0 Å². The van der Waals surface area contributed by atoms with Crippen LogP contribution in [0.5, 0.6) is 5.88 Å². The molecule has 1 aliphatic rings. The van der Waals surface area contributed by atoms with E-state index in [2.05, 4.69) is 27.1 Å². The molecule has 6 heteroatoms. The molecule has 0 spiro atoms. The summed E-state index contributed by atoms with van der Waals surface area (Å²) in [6.07, 6.45) is 1.51. The van der Waals surface area contributed by atoms with Crippen LogP contribution in [-0.4, -0.2) is 56.1 Å². The zero-order valence-corrected chi connectivity index (χ0v) is 14.0. The molecule has 1 N–H and O–H groups in total. The highest BCUT2D eigenvalue weighted by Gasteiger charge is 2.14. The van der Waals surface area contributed by atoms with E-state index in [-0.39, 0.29) is 5.91 Å². The van der Waals surface area contributed by atoms with Crippen molar-refractivity contribution < 1.29 is 9.53 Å². The highest BCUT2D eigenvalue weighted by atomic mass is 16.5. The van der Waals surface area contributed by atoms with Gasteiger partial charge in [-0.2, -0.15) is 0 Å². The van der Waals surface area contributed by atoms with Crippen LogP contribution >= 0.6 is 0 Å². The number of nitrogens with one attached hydrogen (secondary N) is 1. The molecular formula is C18H22N4O2. The van der Waals surface area contributed by atoms with Crippen molar-refractivity contribution in [3.8, 4) is 5.88 Å². The number of aromatic nitrogens is 1. The minimum absolute atomic E-state index is 0.183. The highest BCUT2D eigenvalue weighted by Crippen LogP contribution is 2.20. The van der Waals surface area contributed by atoms with Gasteiger partial charge in [-0.3, -0.25) is 4.79 Å². The number of anilines is 2. The fourth-order valence-electron chi connectivity index (χ4n) is 2.66. The van der Waals surface area contributed by atoms with Crippen molar-refractivity contribution in [2.24, 2.45) is 0 Å². The van der Waals surface area contributed by atoms with Gasteiger partial charge in [0.15, 0.2) is 0 Å². The van der Waals surface area contributed by atoms with E-state index in [4.69, 9.17) is 4.74 Å². The van der Waals surface area contributed by atoms with Crippen LogP contribution in [0.4, 0.5) is 11.4 Å². The second kappa shape index (κ2) is 7.31. The fraction of sp³-hybridized carbons (Fsp3) is 0.333. The molecule has 2 heterocycles. The predicted molar refractivity (Wildman–Crippen MR) is 94.9 cm³/mol. The summed E-state index contributed by atoms with van der Waals surface area (Å²) in [5, 5.41) is 2.89. The van der Waals surface area contributed by atoms with E-state index in [1.54, 1.807) is 19.2 Å². The second-order valence-corrected chi connectivity index (χ2v) is 5.88. The van der Waals surface area contributed by atoms with Crippen molar-refractivity contribution in [2.45, 2.75) is 0 Å². The molecule has 1 aromatic carbocycles. The number of methoxy groups -OCH3 is 1. The summed E-state index contributed by atoms with van der Waals surface area (Å²) in [6, 6.07) is 11.3. The quantitative estimate of drug-likeness (QED) is 0.932. The third-order valence-electron chi connectivity index (χ3n) is 4.20. The zero-order chi connectivity index (χ0) is 16.9. The summed E-state index contributed by atoms with van der Waals surface area (Å²) in [5.41, 5.74) is 2.46. The second-order valence-electron chi connectivity index (χ2n) is 5.88. The van der Waals surface area contributed by atoms with Crippen molar-refractivity contribution in [2.75, 3.05) is 50.6 Å². The first-order chi connectivity index (χ1) is 11.7. The van der Waals surface area contributed by atoms with Gasteiger partial charge in [0.2, 0.25) is 5.88 Å². The normalized spacial score (nSPS) is 15.2. The molecule has 0 radical (unpaired) electrons. The van der Waals surface area contributed by atoms with Gasteiger partial charge in [0.05, 0.1) is 12.7 Å². The van der Waals surface area contributed by atoms with Crippen LogP contribution < -0.4 is 15.0 Å². The first kappa shape index (κ1) is 16.3. The number of likely N-dealkylation sites (N-methyl/N-ethyl adjacent to an activating group) is 1. The number of pyridine rings is 1. The molecule has 1 saturated heterocycles. The third kappa shape index (κ3) is 3.83. The minimum Gasteiger partial charge on any atom is -0.481 e. The summed E-state index contributed by atoms with van der Waals surface area (Å²) >= 11 is 0. The lowest BCUT2D eigenvalue weighted by Crippen LogP contribution is -2.44. The van der Waals surface area contributed by atoms with Crippen LogP contribution in [0.1, 0.15) is 10.4 Å². The maximum Gasteiger partial charge on any atom is 0.257 e. The predicted octanol–water partition coefficient (Wildman–Crippen LogP) is 2.09. The number of rotatable bonds is 4. The Bertz CT molecular complexity index is 677. The molecule has 1 aliphatic heterocycles. The lowest BCUT2D eigenvalue weighted by atomic mass is 10.2. The molecule has 1 aromatic heterocycles. The van der Waals surface area contributed by atoms with Gasteiger partial charge < -0.3 is 19.9 Å². The number of carbonyl (C=O) groups is 1. The molecule has 24 heavy (non-hydrogen) atoms. The number of hydrogen-bond donors (Lipinski definition) is 1. The van der Waals surface area contributed by atoms with Crippen LogP contribution in [0.2, 0.25) is 0 Å². The first-order valence-electron chi connectivity index (χ1n) is 8.00. The molecule has 0 saturated carbocycles. The monoisotopic (exact) mass is 326 g/mol. The van der Waals surface area contributed by atoms with E-state index >= 15 is 0 Å². The topological polar surface area (TPSA) is 57.7 Å². The molecule has 1 amide bonds. The molecule has 0 bridgehead atoms. The first-order valence-corrected chi connectivity index (χ1v) is 8.00. The van der Waals surface area contributed by atoms with E-state index < -0.39 is 0 Å². The van der Waals surface area contributed by atoms with Crippen molar-refractivity contribution in [3.05, 3.63) is 48.2 Å². The van der Waals surface area contributed by atoms with E-state index in [0.29, 0.717) is 11.4 Å². The van der Waals surface area contributed by atoms with E-state index in [9.17, 15) is 4.79 Å². The minimum atomic E-state index is -0.183. The average Bonchev–Trinajstić information content (AvgIpc) is 2.63. The van der Waals surface area contributed by atoms with Crippen LogP contribution in [0, 0.1) is 0 Å². The average molecular weight is 326 g/mol. The maximum absolute atomic E-state index is 12.2. The summed E-state index contributed by atoms with van der Waals surface area (Å²) < 4.78 is 4.99. The number of ether oxygens (including phenoxy) is 1. The van der Waals surface area contributed by atoms with Crippen LogP contribution in [0.15, 0.2) is 42.6 Å². The van der Waals surface area contributed by atoms with Crippen LogP contribution in [0.25, 0.3) is 0 Å². The molecular weight excluding hydrogens is 304 g/mol. The Morgan fingerprint density at radius 2 is 1.79 bits per heavy atom. The third-order valence-corrected chi connectivity index (χ3v) is 4.20. The summed E-state index contributed by atoms with van der Waals surface area (Å²) in [6.45, 7) is 4.20. The summed E-state index contributed by atoms with van der Waals surface area (Å²) in [7, 11) is 3.69. The fourth-order valence-corrected chi connectivity index (χ4v) is 2.66. The molecule has 6 nitrogen and oxygen atoms in total. The number of nitrogens with zero attached hydrogens (tertiary/aromatic N) is 3. The number of amides is 1. The summed E-state index contributed by atoms with van der Waals surface area (Å²) in [5.74, 6) is 0.306. The Labute approximate surface area is 142 Å². The van der Waals surface area contributed by atoms with Crippen molar-refractivity contribution in [3.63, 3.8) is 0 Å². The molecule has 0 aliphatic carbocycles. The molecule has 126 valence electrons. The van der Waals surface area contributed by atoms with Crippen LogP contribution in [-0.2, 0) is 0 Å². The zero-order valence-electron chi connectivity index (χ0n) is 14.0. The number of carbonyl (C=O) groups excluding carboxylic acids is 1. The molecule has 2 aromatic rings. The molecule has 3 rings (SSSR count). The van der Waals surface area contributed by atoms with E-state index in [0.717, 1.165) is 31.9 Å². The molecule has 0 unspecified atom stereocenters. The lowest BCUT2D eigenvalue weighted by Gasteiger charge is -2.34. The lowest BCUT2D eigenvalue weighted by molar-refractivity contribution is 0.102. The van der Waals surface area contributed by atoms with Crippen molar-refractivity contribution in [1.82, 2.24) is 9.88 Å². The largest absolute Gasteiger partial charge is 0.481 e. The standard InChI is InChI=1S/C18H22N4O2/c1-21-9-11-22(12-10-21)16-6-4-15(5-7-16)20-18(23)14-3-8-17(24-2)19-13-14/h3-8,13H,9-12H2,1-2H3,(H,20,23). The van der Waals surface area contributed by atoms with Crippen molar-refractivity contribution >= 4 is 17.3 Å². The van der Waals surface area contributed by atoms with Crippen LogP contribution in [0.3, 0.4) is 0 Å². The Kier molecular flexibility index (Phi) is 4.96. The smallest absolute Gasteiger partial charge is 0.257 e. The number of piperazine rings is 1. The number of hydrogen-bond acceptors (Lipinski definition) is 5. The Hall–Kier alpha value is -2.60. The van der Waals surface area contributed by atoms with Gasteiger partial charge in [-0.1, -0.05) is 0 Å². The highest BCUT2D eigenvalue weighted by molar-refractivity contribution is 6.04. The van der Waals surface area contributed by atoms with Gasteiger partial charge in [-0.25, -0.2) is 4.98 Å². The Morgan fingerprint density at radius 3 is 2.38 bits per heavy atom. The van der Waals surface area contributed by atoms with Crippen molar-refractivity contribution in [1.29, 1.82) is 0 Å². The van der Waals surface area contributed by atoms with Gasteiger partial charge in [0.25, 0.3) is 5.91 Å². The maximum atomic E-state index is 12.2. The molecule has 0 atom stereocenters. The molecule has 1 fully saturated rings. The van der Waals surface area contributed by atoms with Gasteiger partial charge in [0, 0.05) is 49.8 Å². The number of benzene rings is 1. The van der Waals surface area contributed by atoms with Gasteiger partial charge in [-0.15, -0.1) is 0 Å². The van der Waals surface area contributed by atoms with Gasteiger partial charge >= 0.3 is 0 Å².